The number of aromatic carboxylic acids is 1. The zero-order chi connectivity index (χ0) is 13.2. The molecule has 0 saturated carbocycles. The van der Waals surface area contributed by atoms with Gasteiger partial charge in [-0.25, -0.2) is 14.5 Å². The highest BCUT2D eigenvalue weighted by Crippen LogP contribution is 2.19. The average Bonchev–Trinajstić information content (AvgIpc) is 3.11. The highest BCUT2D eigenvalue weighted by atomic mass is 16.4. The zero-order valence-corrected chi connectivity index (χ0v) is 9.72. The van der Waals surface area contributed by atoms with Gasteiger partial charge in [0, 0.05) is 23.5 Å². The molecule has 3 aromatic rings. The lowest BCUT2D eigenvalue weighted by Gasteiger charge is -2.01. The largest absolute Gasteiger partial charge is 0.478 e. The number of hydrogen-bond acceptors (Lipinski definition) is 4. The summed E-state index contributed by atoms with van der Waals surface area (Å²) in [5, 5.41) is 12.8. The standard InChI is InChI=1S/C13H9N3O3/c17-13(18)11-6-15-16(7-11)12-2-1-9(5-14-12)10-3-4-19-8-10/h1-8H,(H,17,18). The number of furan rings is 1. The molecule has 0 fully saturated rings. The van der Waals surface area contributed by atoms with Crippen molar-refractivity contribution in [1.82, 2.24) is 14.8 Å². The third kappa shape index (κ3) is 2.11. The number of carboxylic acid groups (broad SMARTS) is 1. The van der Waals surface area contributed by atoms with Crippen LogP contribution in [0.4, 0.5) is 0 Å². The Hall–Kier alpha value is -2.89. The lowest BCUT2D eigenvalue weighted by Crippen LogP contribution is -1.98. The first-order valence-electron chi connectivity index (χ1n) is 5.51. The van der Waals surface area contributed by atoms with Crippen LogP contribution in [-0.2, 0) is 0 Å². The second kappa shape index (κ2) is 4.41. The van der Waals surface area contributed by atoms with E-state index in [2.05, 4.69) is 10.1 Å². The van der Waals surface area contributed by atoms with Crippen molar-refractivity contribution in [2.45, 2.75) is 0 Å². The summed E-state index contributed by atoms with van der Waals surface area (Å²) < 4.78 is 6.42. The molecule has 94 valence electrons. The molecule has 0 aromatic carbocycles. The Labute approximate surface area is 107 Å². The molecule has 6 nitrogen and oxygen atoms in total. The van der Waals surface area contributed by atoms with E-state index in [9.17, 15) is 4.79 Å². The number of aromatic nitrogens is 3. The highest BCUT2D eigenvalue weighted by Gasteiger charge is 2.08. The van der Waals surface area contributed by atoms with Crippen LogP contribution in [0.5, 0.6) is 0 Å². The Morgan fingerprint density at radius 2 is 2.11 bits per heavy atom. The lowest BCUT2D eigenvalue weighted by atomic mass is 10.1. The number of carboxylic acids is 1. The van der Waals surface area contributed by atoms with Crippen LogP contribution in [0.1, 0.15) is 10.4 Å². The van der Waals surface area contributed by atoms with E-state index in [1.807, 2.05) is 12.1 Å². The van der Waals surface area contributed by atoms with Gasteiger partial charge in [0.15, 0.2) is 5.82 Å². The molecular formula is C13H9N3O3. The van der Waals surface area contributed by atoms with Crippen molar-refractivity contribution in [3.8, 4) is 16.9 Å². The highest BCUT2D eigenvalue weighted by molar-refractivity contribution is 5.86. The molecule has 3 rings (SSSR count). The second-order valence-electron chi connectivity index (χ2n) is 3.90. The molecule has 0 amide bonds. The number of pyridine rings is 1. The first kappa shape index (κ1) is 11.2. The van der Waals surface area contributed by atoms with Gasteiger partial charge < -0.3 is 9.52 Å². The van der Waals surface area contributed by atoms with E-state index in [-0.39, 0.29) is 5.56 Å². The summed E-state index contributed by atoms with van der Waals surface area (Å²) in [6.07, 6.45) is 7.61. The van der Waals surface area contributed by atoms with Crippen LogP contribution in [0, 0.1) is 0 Å². The quantitative estimate of drug-likeness (QED) is 0.776. The molecule has 3 aromatic heterocycles. The molecule has 0 aliphatic rings. The van der Waals surface area contributed by atoms with Gasteiger partial charge in [-0.2, -0.15) is 5.10 Å². The Morgan fingerprint density at radius 1 is 1.21 bits per heavy atom. The van der Waals surface area contributed by atoms with E-state index in [0.29, 0.717) is 5.82 Å². The molecule has 0 bridgehead atoms. The third-order valence-corrected chi connectivity index (χ3v) is 2.67. The minimum atomic E-state index is -1.01. The minimum Gasteiger partial charge on any atom is -0.478 e. The third-order valence-electron chi connectivity index (χ3n) is 2.67. The fourth-order valence-electron chi connectivity index (χ4n) is 1.68. The van der Waals surface area contributed by atoms with Crippen LogP contribution in [0.25, 0.3) is 16.9 Å². The molecular weight excluding hydrogens is 246 g/mol. The van der Waals surface area contributed by atoms with E-state index in [1.54, 1.807) is 24.8 Å². The predicted octanol–water partition coefficient (Wildman–Crippen LogP) is 2.23. The van der Waals surface area contributed by atoms with Gasteiger partial charge >= 0.3 is 5.97 Å². The van der Waals surface area contributed by atoms with Crippen LogP contribution in [0.15, 0.2) is 53.7 Å². The zero-order valence-electron chi connectivity index (χ0n) is 9.72. The van der Waals surface area contributed by atoms with Gasteiger partial charge in [0.1, 0.15) is 0 Å². The summed E-state index contributed by atoms with van der Waals surface area (Å²) in [5.41, 5.74) is 1.98. The van der Waals surface area contributed by atoms with Crippen molar-refractivity contribution >= 4 is 5.97 Å². The maximum atomic E-state index is 10.8. The molecule has 3 heterocycles. The van der Waals surface area contributed by atoms with Crippen LogP contribution in [0.2, 0.25) is 0 Å². The summed E-state index contributed by atoms with van der Waals surface area (Å²) in [6.45, 7) is 0. The van der Waals surface area contributed by atoms with Crippen LogP contribution < -0.4 is 0 Å². The summed E-state index contributed by atoms with van der Waals surface area (Å²) in [6, 6.07) is 5.48. The summed E-state index contributed by atoms with van der Waals surface area (Å²) in [5.74, 6) is -0.457. The van der Waals surface area contributed by atoms with Gasteiger partial charge in [0.25, 0.3) is 0 Å². The van der Waals surface area contributed by atoms with Gasteiger partial charge in [0.05, 0.1) is 24.3 Å². The fourth-order valence-corrected chi connectivity index (χ4v) is 1.68. The fraction of sp³-hybridized carbons (Fsp3) is 0. The Bertz CT molecular complexity index is 699. The van der Waals surface area contributed by atoms with Crippen molar-refractivity contribution in [3.63, 3.8) is 0 Å². The summed E-state index contributed by atoms with van der Waals surface area (Å²) in [4.78, 5) is 15.0. The van der Waals surface area contributed by atoms with Gasteiger partial charge in [-0.05, 0) is 18.2 Å². The maximum absolute atomic E-state index is 10.8. The molecule has 6 heteroatoms. The number of rotatable bonds is 3. The van der Waals surface area contributed by atoms with E-state index in [1.165, 1.54) is 17.1 Å². The molecule has 0 spiro atoms. The smallest absolute Gasteiger partial charge is 0.338 e. The summed E-state index contributed by atoms with van der Waals surface area (Å²) >= 11 is 0. The van der Waals surface area contributed by atoms with E-state index in [0.717, 1.165) is 11.1 Å². The first-order chi connectivity index (χ1) is 9.24. The summed E-state index contributed by atoms with van der Waals surface area (Å²) in [7, 11) is 0. The monoisotopic (exact) mass is 255 g/mol. The average molecular weight is 255 g/mol. The lowest BCUT2D eigenvalue weighted by molar-refractivity contribution is 0.0697. The normalized spacial score (nSPS) is 10.5. The van der Waals surface area contributed by atoms with Crippen molar-refractivity contribution in [2.75, 3.05) is 0 Å². The predicted molar refractivity (Wildman–Crippen MR) is 66.0 cm³/mol. The topological polar surface area (TPSA) is 81.1 Å². The number of hydrogen-bond donors (Lipinski definition) is 1. The van der Waals surface area contributed by atoms with E-state index < -0.39 is 5.97 Å². The van der Waals surface area contributed by atoms with Crippen molar-refractivity contribution in [3.05, 3.63) is 54.9 Å². The molecule has 0 aliphatic heterocycles. The van der Waals surface area contributed by atoms with Crippen LogP contribution >= 0.6 is 0 Å². The van der Waals surface area contributed by atoms with Gasteiger partial charge in [0.2, 0.25) is 0 Å². The molecule has 0 radical (unpaired) electrons. The maximum Gasteiger partial charge on any atom is 0.338 e. The van der Waals surface area contributed by atoms with Crippen LogP contribution in [-0.4, -0.2) is 25.8 Å². The van der Waals surface area contributed by atoms with Gasteiger partial charge in [-0.15, -0.1) is 0 Å². The second-order valence-corrected chi connectivity index (χ2v) is 3.90. The molecule has 19 heavy (non-hydrogen) atoms. The van der Waals surface area contributed by atoms with Crippen molar-refractivity contribution < 1.29 is 14.3 Å². The number of nitrogens with zero attached hydrogens (tertiary/aromatic N) is 3. The molecule has 0 aliphatic carbocycles. The van der Waals surface area contributed by atoms with Crippen molar-refractivity contribution in [2.24, 2.45) is 0 Å². The van der Waals surface area contributed by atoms with Gasteiger partial charge in [-0.1, -0.05) is 0 Å². The van der Waals surface area contributed by atoms with Crippen molar-refractivity contribution in [1.29, 1.82) is 0 Å². The minimum absolute atomic E-state index is 0.126. The Balaban J connectivity index is 1.91. The first-order valence-corrected chi connectivity index (χ1v) is 5.51. The van der Waals surface area contributed by atoms with E-state index in [4.69, 9.17) is 9.52 Å². The molecule has 0 unspecified atom stereocenters. The van der Waals surface area contributed by atoms with Gasteiger partial charge in [-0.3, -0.25) is 0 Å². The number of carbonyl (C=O) groups is 1. The SMILES string of the molecule is O=C(O)c1cnn(-c2ccc(-c3ccoc3)cn2)c1. The Kier molecular flexibility index (Phi) is 2.60. The molecule has 0 atom stereocenters. The van der Waals surface area contributed by atoms with E-state index >= 15 is 0 Å². The Morgan fingerprint density at radius 3 is 2.68 bits per heavy atom. The molecule has 0 saturated heterocycles. The van der Waals surface area contributed by atoms with Crippen LogP contribution in [0.3, 0.4) is 0 Å². The molecule has 1 N–H and O–H groups in total.